The lowest BCUT2D eigenvalue weighted by atomic mass is 10.2. The number of thiophene rings is 1. The molecule has 0 aliphatic heterocycles. The molecule has 0 bridgehead atoms. The van der Waals surface area contributed by atoms with E-state index in [1.54, 1.807) is 18.4 Å². The molecule has 0 radical (unpaired) electrons. The highest BCUT2D eigenvalue weighted by Gasteiger charge is 2.06. The van der Waals surface area contributed by atoms with Gasteiger partial charge in [0.2, 0.25) is 0 Å². The molecule has 3 nitrogen and oxygen atoms in total. The van der Waals surface area contributed by atoms with Gasteiger partial charge in [-0.05, 0) is 48.3 Å². The third kappa shape index (κ3) is 6.85. The smallest absolute Gasteiger partial charge is 0.0700 e. The third-order valence-corrected chi connectivity index (χ3v) is 4.49. The number of hydrogen-bond acceptors (Lipinski definition) is 4. The Morgan fingerprint density at radius 2 is 2.17 bits per heavy atom. The van der Waals surface area contributed by atoms with E-state index in [-0.39, 0.29) is 0 Å². The van der Waals surface area contributed by atoms with Crippen LogP contribution in [-0.4, -0.2) is 33.5 Å². The van der Waals surface area contributed by atoms with Crippen molar-refractivity contribution in [3.8, 4) is 0 Å². The van der Waals surface area contributed by atoms with Crippen LogP contribution < -0.4 is 5.32 Å². The highest BCUT2D eigenvalue weighted by atomic mass is 79.9. The van der Waals surface area contributed by atoms with Crippen LogP contribution >= 0.6 is 27.3 Å². The molecule has 1 aromatic heterocycles. The van der Waals surface area contributed by atoms with Crippen molar-refractivity contribution in [2.45, 2.75) is 25.8 Å². The van der Waals surface area contributed by atoms with Gasteiger partial charge >= 0.3 is 0 Å². The third-order valence-electron chi connectivity index (χ3n) is 2.61. The molecule has 1 rings (SSSR count). The molecule has 18 heavy (non-hydrogen) atoms. The van der Waals surface area contributed by atoms with Crippen molar-refractivity contribution in [1.82, 2.24) is 5.32 Å². The average Bonchev–Trinajstić information content (AvgIpc) is 2.79. The minimum Gasteiger partial charge on any atom is -0.382 e. The minimum absolute atomic E-state index is 0.427. The predicted octanol–water partition coefficient (Wildman–Crippen LogP) is 3.60. The predicted molar refractivity (Wildman–Crippen MR) is 80.4 cm³/mol. The zero-order chi connectivity index (χ0) is 13.2. The van der Waals surface area contributed by atoms with Crippen molar-refractivity contribution >= 4 is 27.3 Å². The fraction of sp³-hybridized carbons (Fsp3) is 0.692. The summed E-state index contributed by atoms with van der Waals surface area (Å²) < 4.78 is 11.5. The number of halogens is 1. The van der Waals surface area contributed by atoms with Crippen LogP contribution in [0.3, 0.4) is 0 Å². The normalized spacial score (nSPS) is 12.8. The topological polar surface area (TPSA) is 30.5 Å². The van der Waals surface area contributed by atoms with Crippen LogP contribution in [0.5, 0.6) is 0 Å². The average molecular weight is 336 g/mol. The van der Waals surface area contributed by atoms with Crippen LogP contribution in [-0.2, 0) is 9.47 Å². The van der Waals surface area contributed by atoms with Gasteiger partial charge in [-0.15, -0.1) is 11.3 Å². The van der Waals surface area contributed by atoms with Gasteiger partial charge in [-0.2, -0.15) is 0 Å². The number of methoxy groups -OCH3 is 1. The maximum Gasteiger partial charge on any atom is 0.0700 e. The van der Waals surface area contributed by atoms with E-state index in [2.05, 4.69) is 39.6 Å². The number of nitrogens with one attached hydrogen (secondary N) is 1. The maximum atomic E-state index is 5.41. The molecule has 1 N–H and O–H groups in total. The molecular formula is C13H22BrNO2S. The molecule has 1 atom stereocenters. The van der Waals surface area contributed by atoms with Crippen molar-refractivity contribution in [3.05, 3.63) is 20.8 Å². The van der Waals surface area contributed by atoms with E-state index in [0.29, 0.717) is 19.3 Å². The fourth-order valence-electron chi connectivity index (χ4n) is 1.55. The molecule has 0 saturated heterocycles. The van der Waals surface area contributed by atoms with Gasteiger partial charge < -0.3 is 14.8 Å². The maximum absolute atomic E-state index is 5.41. The van der Waals surface area contributed by atoms with E-state index >= 15 is 0 Å². The number of hydrogen-bond donors (Lipinski definition) is 1. The molecular weight excluding hydrogens is 314 g/mol. The number of unbranched alkanes of at least 4 members (excludes halogenated alkanes) is 1. The summed E-state index contributed by atoms with van der Waals surface area (Å²) in [4.78, 5) is 1.37. The molecule has 0 aliphatic carbocycles. The van der Waals surface area contributed by atoms with E-state index in [1.807, 2.05) is 0 Å². The van der Waals surface area contributed by atoms with E-state index < -0.39 is 0 Å². The number of ether oxygens (including phenoxy) is 2. The van der Waals surface area contributed by atoms with Crippen molar-refractivity contribution in [1.29, 1.82) is 0 Å². The Morgan fingerprint density at radius 1 is 1.33 bits per heavy atom. The molecule has 0 spiro atoms. The SMILES string of the molecule is COCCOCCCCNC(C)c1cc(Br)cs1. The molecule has 0 amide bonds. The molecule has 1 unspecified atom stereocenters. The van der Waals surface area contributed by atoms with E-state index in [1.165, 1.54) is 9.35 Å². The molecule has 1 heterocycles. The highest BCUT2D eigenvalue weighted by Crippen LogP contribution is 2.25. The van der Waals surface area contributed by atoms with Gasteiger partial charge in [-0.1, -0.05) is 0 Å². The van der Waals surface area contributed by atoms with Crippen LogP contribution in [0.1, 0.15) is 30.7 Å². The van der Waals surface area contributed by atoms with Crippen LogP contribution in [0.2, 0.25) is 0 Å². The summed E-state index contributed by atoms with van der Waals surface area (Å²) in [6.45, 7) is 5.44. The first-order chi connectivity index (χ1) is 8.74. The fourth-order valence-corrected chi connectivity index (χ4v) is 3.03. The Hall–Kier alpha value is 0.0600. The van der Waals surface area contributed by atoms with Gasteiger partial charge in [0.25, 0.3) is 0 Å². The summed E-state index contributed by atoms with van der Waals surface area (Å²) in [5.74, 6) is 0. The number of rotatable bonds is 10. The quantitative estimate of drug-likeness (QED) is 0.662. The summed E-state index contributed by atoms with van der Waals surface area (Å²) in [6, 6.07) is 2.60. The van der Waals surface area contributed by atoms with Gasteiger partial charge in [0.1, 0.15) is 0 Å². The van der Waals surface area contributed by atoms with Crippen LogP contribution in [0.15, 0.2) is 15.9 Å². The zero-order valence-corrected chi connectivity index (χ0v) is 13.5. The van der Waals surface area contributed by atoms with Crippen molar-refractivity contribution < 1.29 is 9.47 Å². The lowest BCUT2D eigenvalue weighted by molar-refractivity contribution is 0.0687. The molecule has 0 saturated carbocycles. The second-order valence-corrected chi connectivity index (χ2v) is 6.01. The van der Waals surface area contributed by atoms with Gasteiger partial charge in [0.15, 0.2) is 0 Å². The van der Waals surface area contributed by atoms with Gasteiger partial charge in [-0.3, -0.25) is 0 Å². The lowest BCUT2D eigenvalue weighted by Crippen LogP contribution is -2.19. The van der Waals surface area contributed by atoms with E-state index in [4.69, 9.17) is 9.47 Å². The second kappa shape index (κ2) is 9.92. The monoisotopic (exact) mass is 335 g/mol. The first kappa shape index (κ1) is 16.1. The Morgan fingerprint density at radius 3 is 2.83 bits per heavy atom. The Balaban J connectivity index is 1.97. The first-order valence-electron chi connectivity index (χ1n) is 6.28. The first-order valence-corrected chi connectivity index (χ1v) is 7.95. The summed E-state index contributed by atoms with van der Waals surface area (Å²) >= 11 is 5.27. The zero-order valence-electron chi connectivity index (χ0n) is 11.1. The van der Waals surface area contributed by atoms with E-state index in [0.717, 1.165) is 26.0 Å². The molecule has 0 aliphatic rings. The van der Waals surface area contributed by atoms with Crippen LogP contribution in [0.4, 0.5) is 0 Å². The largest absolute Gasteiger partial charge is 0.382 e. The Bertz CT molecular complexity index is 320. The minimum atomic E-state index is 0.427. The Labute approximate surface area is 122 Å². The highest BCUT2D eigenvalue weighted by molar-refractivity contribution is 9.10. The molecule has 104 valence electrons. The van der Waals surface area contributed by atoms with Crippen LogP contribution in [0.25, 0.3) is 0 Å². The van der Waals surface area contributed by atoms with Gasteiger partial charge in [-0.25, -0.2) is 0 Å². The molecule has 5 heteroatoms. The summed E-state index contributed by atoms with van der Waals surface area (Å²) in [6.07, 6.45) is 2.24. The van der Waals surface area contributed by atoms with Gasteiger partial charge in [0.05, 0.1) is 13.2 Å². The summed E-state index contributed by atoms with van der Waals surface area (Å²) in [5.41, 5.74) is 0. The standard InChI is InChI=1S/C13H22BrNO2S/c1-11(13-9-12(14)10-18-13)15-5-3-4-6-17-8-7-16-2/h9-11,15H,3-8H2,1-2H3. The molecule has 0 fully saturated rings. The van der Waals surface area contributed by atoms with E-state index in [9.17, 15) is 0 Å². The second-order valence-electron chi connectivity index (χ2n) is 4.16. The Kier molecular flexibility index (Phi) is 8.88. The van der Waals surface area contributed by atoms with Crippen LogP contribution in [0, 0.1) is 0 Å². The van der Waals surface area contributed by atoms with Crippen molar-refractivity contribution in [2.75, 3.05) is 33.5 Å². The summed E-state index contributed by atoms with van der Waals surface area (Å²) in [5, 5.41) is 5.65. The van der Waals surface area contributed by atoms with Crippen molar-refractivity contribution in [3.63, 3.8) is 0 Å². The molecule has 0 aromatic carbocycles. The summed E-state index contributed by atoms with van der Waals surface area (Å²) in [7, 11) is 1.69. The lowest BCUT2D eigenvalue weighted by Gasteiger charge is -2.11. The molecule has 1 aromatic rings. The van der Waals surface area contributed by atoms with Gasteiger partial charge in [0, 0.05) is 34.5 Å². The van der Waals surface area contributed by atoms with Crippen molar-refractivity contribution in [2.24, 2.45) is 0 Å².